The molecule has 28 heavy (non-hydrogen) atoms. The first-order valence-electron chi connectivity index (χ1n) is 8.15. The molecule has 0 unspecified atom stereocenters. The van der Waals surface area contributed by atoms with Gasteiger partial charge in [0, 0.05) is 0 Å². The minimum absolute atomic E-state index is 0.111. The van der Waals surface area contributed by atoms with Gasteiger partial charge in [-0.2, -0.15) is 14.6 Å². The molecule has 4 rings (SSSR count). The predicted octanol–water partition coefficient (Wildman–Crippen LogP) is 5.00. The number of hydrogen-bond acceptors (Lipinski definition) is 5. The lowest BCUT2D eigenvalue weighted by molar-refractivity contribution is 0.420. The molecule has 4 aromatic rings. The number of fused-ring (bicyclic) bond motifs is 1. The molecule has 0 amide bonds. The van der Waals surface area contributed by atoms with Crippen LogP contribution in [0.1, 0.15) is 11.4 Å². The fourth-order valence-electron chi connectivity index (χ4n) is 2.55. The highest BCUT2D eigenvalue weighted by atomic mass is 35.5. The number of nitrogens with zero attached hydrogens (tertiary/aromatic N) is 4. The number of imidazole rings is 1. The predicted molar refractivity (Wildman–Crippen MR) is 103 cm³/mol. The highest BCUT2D eigenvalue weighted by Gasteiger charge is 2.10. The summed E-state index contributed by atoms with van der Waals surface area (Å²) in [5.41, 5.74) is 2.78. The SMILES string of the molecule is N#C/C(=C\c1ccc(Oc2nc(Cl)ncc2F)cc1)c1nc2ccccc2[nH]1. The van der Waals surface area contributed by atoms with E-state index in [1.54, 1.807) is 30.3 Å². The number of aromatic nitrogens is 4. The fourth-order valence-corrected chi connectivity index (χ4v) is 2.67. The number of rotatable bonds is 4. The maximum Gasteiger partial charge on any atom is 0.260 e. The lowest BCUT2D eigenvalue weighted by Crippen LogP contribution is -1.94. The van der Waals surface area contributed by atoms with Crippen molar-refractivity contribution in [2.75, 3.05) is 0 Å². The highest BCUT2D eigenvalue weighted by molar-refractivity contribution is 6.28. The van der Waals surface area contributed by atoms with Crippen LogP contribution in [0.2, 0.25) is 5.28 Å². The van der Waals surface area contributed by atoms with E-state index in [1.165, 1.54) is 0 Å². The van der Waals surface area contributed by atoms with Crippen molar-refractivity contribution in [3.63, 3.8) is 0 Å². The molecule has 0 spiro atoms. The van der Waals surface area contributed by atoms with Crippen LogP contribution < -0.4 is 4.74 Å². The van der Waals surface area contributed by atoms with E-state index in [1.807, 2.05) is 24.3 Å². The second kappa shape index (κ2) is 7.47. The molecule has 0 atom stereocenters. The van der Waals surface area contributed by atoms with E-state index in [0.717, 1.165) is 22.8 Å². The molecule has 0 aliphatic carbocycles. The molecule has 0 fully saturated rings. The Kier molecular flexibility index (Phi) is 4.70. The fraction of sp³-hybridized carbons (Fsp3) is 0. The molecular formula is C20H11ClFN5O. The van der Waals surface area contributed by atoms with Crippen molar-refractivity contribution in [1.29, 1.82) is 5.26 Å². The monoisotopic (exact) mass is 391 g/mol. The smallest absolute Gasteiger partial charge is 0.260 e. The van der Waals surface area contributed by atoms with Crippen molar-refractivity contribution < 1.29 is 9.13 Å². The lowest BCUT2D eigenvalue weighted by atomic mass is 10.1. The molecule has 0 aliphatic rings. The summed E-state index contributed by atoms with van der Waals surface area (Å²) in [5, 5.41) is 9.39. The van der Waals surface area contributed by atoms with Crippen molar-refractivity contribution in [2.45, 2.75) is 0 Å². The average Bonchev–Trinajstić information content (AvgIpc) is 3.14. The van der Waals surface area contributed by atoms with Crippen LogP contribution in [0.25, 0.3) is 22.7 Å². The zero-order chi connectivity index (χ0) is 19.5. The molecule has 2 heterocycles. The molecule has 2 aromatic carbocycles. The Labute approximate surface area is 163 Å². The number of aromatic amines is 1. The second-order valence-electron chi connectivity index (χ2n) is 5.74. The number of para-hydroxylation sites is 2. The molecule has 0 saturated heterocycles. The summed E-state index contributed by atoms with van der Waals surface area (Å²) in [5.74, 6) is -0.122. The van der Waals surface area contributed by atoms with Gasteiger partial charge in [0.05, 0.1) is 22.8 Å². The molecule has 0 radical (unpaired) electrons. The van der Waals surface area contributed by atoms with Crippen LogP contribution in [-0.4, -0.2) is 19.9 Å². The Morgan fingerprint density at radius 3 is 2.68 bits per heavy atom. The maximum atomic E-state index is 13.7. The van der Waals surface area contributed by atoms with Gasteiger partial charge in [0.1, 0.15) is 17.6 Å². The zero-order valence-corrected chi connectivity index (χ0v) is 15.0. The third-order valence-corrected chi connectivity index (χ3v) is 4.04. The van der Waals surface area contributed by atoms with Gasteiger partial charge >= 0.3 is 0 Å². The minimum atomic E-state index is -0.718. The molecule has 1 N–H and O–H groups in total. The average molecular weight is 392 g/mol. The first-order chi connectivity index (χ1) is 13.6. The van der Waals surface area contributed by atoms with Gasteiger partial charge in [0.25, 0.3) is 5.88 Å². The summed E-state index contributed by atoms with van der Waals surface area (Å²) in [6.45, 7) is 0. The molecule has 0 bridgehead atoms. The van der Waals surface area contributed by atoms with Gasteiger partial charge in [-0.05, 0) is 47.5 Å². The molecule has 2 aromatic heterocycles. The van der Waals surface area contributed by atoms with Crippen molar-refractivity contribution >= 4 is 34.3 Å². The standard InChI is InChI=1S/C20H11ClFN5O/c21-20-24-11-15(22)19(27-20)28-14-7-5-12(6-8-14)9-13(10-23)18-25-16-3-1-2-4-17(16)26-18/h1-9,11H,(H,25,26)/b13-9+. The first kappa shape index (κ1) is 17.6. The lowest BCUT2D eigenvalue weighted by Gasteiger charge is -2.06. The third kappa shape index (κ3) is 3.68. The van der Waals surface area contributed by atoms with E-state index in [-0.39, 0.29) is 11.2 Å². The van der Waals surface area contributed by atoms with Gasteiger partial charge in [-0.25, -0.2) is 9.97 Å². The molecule has 8 heteroatoms. The summed E-state index contributed by atoms with van der Waals surface area (Å²) in [4.78, 5) is 14.8. The maximum absolute atomic E-state index is 13.7. The summed E-state index contributed by atoms with van der Waals surface area (Å²) in [6.07, 6.45) is 2.64. The highest BCUT2D eigenvalue weighted by Crippen LogP contribution is 2.25. The largest absolute Gasteiger partial charge is 0.436 e. The molecule has 0 saturated carbocycles. The van der Waals surface area contributed by atoms with Crippen LogP contribution in [0.15, 0.2) is 54.7 Å². The number of allylic oxidation sites excluding steroid dienone is 1. The van der Waals surface area contributed by atoms with Crippen molar-refractivity contribution in [1.82, 2.24) is 19.9 Å². The van der Waals surface area contributed by atoms with Crippen molar-refractivity contribution in [2.24, 2.45) is 0 Å². The van der Waals surface area contributed by atoms with Crippen LogP contribution in [0.4, 0.5) is 4.39 Å². The summed E-state index contributed by atoms with van der Waals surface area (Å²) >= 11 is 5.65. The third-order valence-electron chi connectivity index (χ3n) is 3.85. The minimum Gasteiger partial charge on any atom is -0.436 e. The van der Waals surface area contributed by atoms with E-state index < -0.39 is 5.82 Å². The van der Waals surface area contributed by atoms with Crippen molar-refractivity contribution in [3.8, 4) is 17.7 Å². The summed E-state index contributed by atoms with van der Waals surface area (Å²) in [7, 11) is 0. The van der Waals surface area contributed by atoms with Crippen molar-refractivity contribution in [3.05, 3.63) is 77.2 Å². The Balaban J connectivity index is 1.59. The van der Waals surface area contributed by atoms with E-state index in [2.05, 4.69) is 26.0 Å². The Morgan fingerprint density at radius 1 is 1.14 bits per heavy atom. The van der Waals surface area contributed by atoms with Gasteiger partial charge in [-0.1, -0.05) is 24.3 Å². The van der Waals surface area contributed by atoms with Gasteiger partial charge < -0.3 is 9.72 Å². The number of nitriles is 1. The molecule has 136 valence electrons. The molecular weight excluding hydrogens is 381 g/mol. The first-order valence-corrected chi connectivity index (χ1v) is 8.53. The summed E-state index contributed by atoms with van der Waals surface area (Å²) < 4.78 is 19.0. The van der Waals surface area contributed by atoms with Crippen LogP contribution in [0.3, 0.4) is 0 Å². The number of nitrogens with one attached hydrogen (secondary N) is 1. The Morgan fingerprint density at radius 2 is 1.93 bits per heavy atom. The van der Waals surface area contributed by atoms with E-state index >= 15 is 0 Å². The number of hydrogen-bond donors (Lipinski definition) is 1. The number of halogens is 2. The Bertz CT molecular complexity index is 1190. The molecule has 0 aliphatic heterocycles. The number of benzene rings is 2. The van der Waals surface area contributed by atoms with E-state index in [4.69, 9.17) is 16.3 Å². The summed E-state index contributed by atoms with van der Waals surface area (Å²) in [6, 6.07) is 16.4. The van der Waals surface area contributed by atoms with Crippen LogP contribution in [0, 0.1) is 17.1 Å². The van der Waals surface area contributed by atoms with Crippen LogP contribution >= 0.6 is 11.6 Å². The van der Waals surface area contributed by atoms with Gasteiger partial charge in [-0.3, -0.25) is 0 Å². The topological polar surface area (TPSA) is 87.5 Å². The Hall–Kier alpha value is -3.76. The quantitative estimate of drug-likeness (QED) is 0.390. The number of H-pyrrole nitrogens is 1. The van der Waals surface area contributed by atoms with E-state index in [0.29, 0.717) is 17.1 Å². The normalized spacial score (nSPS) is 11.4. The molecule has 6 nitrogen and oxygen atoms in total. The van der Waals surface area contributed by atoms with Gasteiger partial charge in [-0.15, -0.1) is 0 Å². The second-order valence-corrected chi connectivity index (χ2v) is 6.07. The van der Waals surface area contributed by atoms with Gasteiger partial charge in [0.15, 0.2) is 0 Å². The zero-order valence-electron chi connectivity index (χ0n) is 14.2. The van der Waals surface area contributed by atoms with Gasteiger partial charge in [0.2, 0.25) is 11.1 Å². The van der Waals surface area contributed by atoms with E-state index in [9.17, 15) is 9.65 Å². The number of ether oxygens (including phenoxy) is 1. The van der Waals surface area contributed by atoms with Crippen LogP contribution in [-0.2, 0) is 0 Å². The van der Waals surface area contributed by atoms with Crippen LogP contribution in [0.5, 0.6) is 11.6 Å².